The molecule has 0 unspecified atom stereocenters. The third kappa shape index (κ3) is 4.41. The van der Waals surface area contributed by atoms with E-state index in [0.717, 1.165) is 18.7 Å². The molecule has 0 radical (unpaired) electrons. The fraction of sp³-hybridized carbons (Fsp3) is 0.533. The Bertz CT molecular complexity index is 490. The van der Waals surface area contributed by atoms with Gasteiger partial charge in [-0.2, -0.15) is 0 Å². The van der Waals surface area contributed by atoms with Gasteiger partial charge in [0.2, 0.25) is 5.91 Å². The Hall–Kier alpha value is -1.14. The molecule has 4 N–H and O–H groups in total. The van der Waals surface area contributed by atoms with Crippen molar-refractivity contribution in [1.29, 1.82) is 0 Å². The van der Waals surface area contributed by atoms with Crippen molar-refractivity contribution < 1.29 is 15.0 Å². The van der Waals surface area contributed by atoms with Crippen molar-refractivity contribution in [2.75, 3.05) is 19.6 Å². The average molecular weight is 313 g/mol. The first-order chi connectivity index (χ1) is 9.97. The lowest BCUT2D eigenvalue weighted by atomic mass is 9.90. The molecule has 6 heteroatoms. The van der Waals surface area contributed by atoms with Gasteiger partial charge in [-0.05, 0) is 49.5 Å². The van der Waals surface area contributed by atoms with Gasteiger partial charge >= 0.3 is 0 Å². The van der Waals surface area contributed by atoms with Crippen molar-refractivity contribution in [3.8, 4) is 0 Å². The van der Waals surface area contributed by atoms with Crippen molar-refractivity contribution >= 4 is 17.5 Å². The number of benzene rings is 1. The van der Waals surface area contributed by atoms with Crippen LogP contribution >= 0.6 is 11.6 Å². The predicted octanol–water partition coefficient (Wildman–Crippen LogP) is 0.932. The summed E-state index contributed by atoms with van der Waals surface area (Å²) >= 11 is 5.92. The number of β-amino-alcohol motifs (C(OH)–C–C–N with tert-alkyl or cyclic N) is 1. The summed E-state index contributed by atoms with van der Waals surface area (Å²) in [6, 6.07) is 7.20. The van der Waals surface area contributed by atoms with Crippen molar-refractivity contribution in [3.05, 3.63) is 34.9 Å². The molecule has 1 aliphatic rings. The Labute approximate surface area is 129 Å². The number of hydrogen-bond donors (Lipinski definition) is 3. The highest BCUT2D eigenvalue weighted by molar-refractivity contribution is 6.30. The van der Waals surface area contributed by atoms with Crippen LogP contribution in [0.4, 0.5) is 0 Å². The Morgan fingerprint density at radius 2 is 2.05 bits per heavy atom. The topological polar surface area (TPSA) is 86.8 Å². The second kappa shape index (κ2) is 7.22. The van der Waals surface area contributed by atoms with Gasteiger partial charge in [0.05, 0.1) is 6.10 Å². The smallest absolute Gasteiger partial charge is 0.246 e. The quantitative estimate of drug-likeness (QED) is 0.755. The molecule has 2 atom stereocenters. The van der Waals surface area contributed by atoms with Gasteiger partial charge in [-0.15, -0.1) is 0 Å². The minimum atomic E-state index is -1.06. The van der Waals surface area contributed by atoms with E-state index in [9.17, 15) is 15.0 Å². The molecule has 2 rings (SSSR count). The second-order valence-corrected chi connectivity index (χ2v) is 5.99. The molecule has 1 aliphatic heterocycles. The lowest BCUT2D eigenvalue weighted by Crippen LogP contribution is -2.43. The number of aliphatic hydroxyl groups is 2. The van der Waals surface area contributed by atoms with Crippen molar-refractivity contribution in [1.82, 2.24) is 4.90 Å². The summed E-state index contributed by atoms with van der Waals surface area (Å²) in [5.41, 5.74) is 5.91. The first kappa shape index (κ1) is 16.2. The van der Waals surface area contributed by atoms with E-state index >= 15 is 0 Å². The van der Waals surface area contributed by atoms with Gasteiger partial charge in [-0.25, -0.2) is 0 Å². The summed E-state index contributed by atoms with van der Waals surface area (Å²) in [6.45, 7) is 1.97. The molecule has 1 fully saturated rings. The molecule has 0 saturated carbocycles. The molecule has 1 aromatic rings. The van der Waals surface area contributed by atoms with E-state index in [2.05, 4.69) is 4.90 Å². The highest BCUT2D eigenvalue weighted by atomic mass is 35.5. The normalized spacial score (nSPS) is 20.1. The van der Waals surface area contributed by atoms with Gasteiger partial charge in [0.1, 0.15) is 6.10 Å². The van der Waals surface area contributed by atoms with Crippen LogP contribution in [0, 0.1) is 5.92 Å². The van der Waals surface area contributed by atoms with E-state index in [0.29, 0.717) is 24.4 Å². The van der Waals surface area contributed by atoms with E-state index in [1.165, 1.54) is 0 Å². The van der Waals surface area contributed by atoms with Crippen LogP contribution in [-0.4, -0.2) is 46.8 Å². The Balaban J connectivity index is 1.84. The maximum Gasteiger partial charge on any atom is 0.246 e. The highest BCUT2D eigenvalue weighted by Crippen LogP contribution is 2.24. The van der Waals surface area contributed by atoms with Gasteiger partial charge in [0, 0.05) is 11.6 Å². The summed E-state index contributed by atoms with van der Waals surface area (Å²) in [6.07, 6.45) is -0.259. The number of primary amides is 1. The molecular formula is C15H21ClN2O3. The number of hydrogen-bond acceptors (Lipinski definition) is 4. The van der Waals surface area contributed by atoms with Crippen LogP contribution in [0.3, 0.4) is 0 Å². The first-order valence-electron chi connectivity index (χ1n) is 7.10. The molecule has 0 spiro atoms. The third-order valence-electron chi connectivity index (χ3n) is 4.03. The molecule has 1 aromatic carbocycles. The van der Waals surface area contributed by atoms with Crippen LogP contribution in [0.5, 0.6) is 0 Å². The van der Waals surface area contributed by atoms with Crippen LogP contribution < -0.4 is 5.73 Å². The zero-order valence-corrected chi connectivity index (χ0v) is 12.5. The van der Waals surface area contributed by atoms with Crippen molar-refractivity contribution in [2.45, 2.75) is 25.0 Å². The third-order valence-corrected chi connectivity index (χ3v) is 4.27. The predicted molar refractivity (Wildman–Crippen MR) is 80.8 cm³/mol. The standard InChI is InChI=1S/C15H21ClN2O3/c16-12-3-1-2-11(8-12)13(19)9-18-6-4-10(5-7-18)14(20)15(17)21/h1-3,8,10,13-14,19-20H,4-7,9H2,(H2,17,21)/t13-,14+/m1/s1. The number of halogens is 1. The van der Waals surface area contributed by atoms with Gasteiger partial charge in [0.25, 0.3) is 0 Å². The highest BCUT2D eigenvalue weighted by Gasteiger charge is 2.29. The lowest BCUT2D eigenvalue weighted by Gasteiger charge is -2.34. The summed E-state index contributed by atoms with van der Waals surface area (Å²) in [7, 11) is 0. The van der Waals surface area contributed by atoms with Gasteiger partial charge in [0.15, 0.2) is 0 Å². The number of aliphatic hydroxyl groups excluding tert-OH is 2. The Kier molecular flexibility index (Phi) is 5.58. The van der Waals surface area contributed by atoms with Crippen LogP contribution in [-0.2, 0) is 4.79 Å². The maximum atomic E-state index is 11.0. The van der Waals surface area contributed by atoms with Crippen LogP contribution in [0.25, 0.3) is 0 Å². The van der Waals surface area contributed by atoms with Gasteiger partial charge in [-0.3, -0.25) is 4.79 Å². The number of carbonyl (C=O) groups is 1. The number of likely N-dealkylation sites (tertiary alicyclic amines) is 1. The monoisotopic (exact) mass is 312 g/mol. The number of nitrogens with two attached hydrogens (primary N) is 1. The number of amides is 1. The van der Waals surface area contributed by atoms with E-state index in [4.69, 9.17) is 17.3 Å². The summed E-state index contributed by atoms with van der Waals surface area (Å²) < 4.78 is 0. The minimum absolute atomic E-state index is 0.0814. The van der Waals surface area contributed by atoms with Crippen LogP contribution in [0.15, 0.2) is 24.3 Å². The maximum absolute atomic E-state index is 11.0. The zero-order valence-electron chi connectivity index (χ0n) is 11.8. The minimum Gasteiger partial charge on any atom is -0.387 e. The molecule has 0 aromatic heterocycles. The second-order valence-electron chi connectivity index (χ2n) is 5.56. The molecule has 0 aliphatic carbocycles. The molecule has 1 saturated heterocycles. The van der Waals surface area contributed by atoms with Crippen molar-refractivity contribution in [2.24, 2.45) is 11.7 Å². The fourth-order valence-corrected chi connectivity index (χ4v) is 2.95. The van der Waals surface area contributed by atoms with Gasteiger partial charge in [-0.1, -0.05) is 23.7 Å². The van der Waals surface area contributed by atoms with E-state index in [-0.39, 0.29) is 5.92 Å². The number of nitrogens with zero attached hydrogens (tertiary/aromatic N) is 1. The first-order valence-corrected chi connectivity index (χ1v) is 7.48. The Morgan fingerprint density at radius 1 is 1.38 bits per heavy atom. The molecular weight excluding hydrogens is 292 g/mol. The average Bonchev–Trinajstić information content (AvgIpc) is 2.47. The lowest BCUT2D eigenvalue weighted by molar-refractivity contribution is -0.129. The summed E-state index contributed by atoms with van der Waals surface area (Å²) in [5.74, 6) is -0.741. The summed E-state index contributed by atoms with van der Waals surface area (Å²) in [5, 5.41) is 20.5. The molecule has 1 heterocycles. The van der Waals surface area contributed by atoms with Gasteiger partial charge < -0.3 is 20.8 Å². The molecule has 116 valence electrons. The molecule has 21 heavy (non-hydrogen) atoms. The van der Waals surface area contributed by atoms with Crippen molar-refractivity contribution in [3.63, 3.8) is 0 Å². The van der Waals surface area contributed by atoms with E-state index in [1.54, 1.807) is 12.1 Å². The SMILES string of the molecule is NC(=O)[C@@H](O)C1CCN(C[C@@H](O)c2cccc(Cl)c2)CC1. The van der Waals surface area contributed by atoms with Crippen LogP contribution in [0.2, 0.25) is 5.02 Å². The Morgan fingerprint density at radius 3 is 2.62 bits per heavy atom. The number of carbonyl (C=O) groups excluding carboxylic acids is 1. The van der Waals surface area contributed by atoms with E-state index in [1.807, 2.05) is 12.1 Å². The zero-order chi connectivity index (χ0) is 15.4. The van der Waals surface area contributed by atoms with Crippen LogP contribution in [0.1, 0.15) is 24.5 Å². The fourth-order valence-electron chi connectivity index (χ4n) is 2.75. The number of piperidine rings is 1. The largest absolute Gasteiger partial charge is 0.387 e. The molecule has 5 nitrogen and oxygen atoms in total. The number of rotatable bonds is 5. The molecule has 0 bridgehead atoms. The van der Waals surface area contributed by atoms with E-state index < -0.39 is 18.1 Å². The molecule has 1 amide bonds. The summed E-state index contributed by atoms with van der Waals surface area (Å²) in [4.78, 5) is 13.1.